The average Bonchev–Trinajstić information content (AvgIpc) is 2.20. The SMILES string of the molecule is COC(=O)C(C)(C)NCCNC(=O)OC(C)(C)C. The summed E-state index contributed by atoms with van der Waals surface area (Å²) in [6, 6.07) is 0. The Morgan fingerprint density at radius 1 is 1.06 bits per heavy atom. The van der Waals surface area contributed by atoms with Crippen LogP contribution in [0.5, 0.6) is 0 Å². The molecule has 6 nitrogen and oxygen atoms in total. The normalized spacial score (nSPS) is 11.9. The third-order valence-corrected chi connectivity index (χ3v) is 2.06. The van der Waals surface area contributed by atoms with Crippen LogP contribution in [0, 0.1) is 0 Å². The Morgan fingerprint density at radius 2 is 1.61 bits per heavy atom. The molecule has 18 heavy (non-hydrogen) atoms. The quantitative estimate of drug-likeness (QED) is 0.571. The van der Waals surface area contributed by atoms with Crippen molar-refractivity contribution in [3.8, 4) is 0 Å². The predicted molar refractivity (Wildman–Crippen MR) is 68.3 cm³/mol. The minimum absolute atomic E-state index is 0.347. The summed E-state index contributed by atoms with van der Waals surface area (Å²) < 4.78 is 9.71. The molecule has 0 heterocycles. The number of nitrogens with one attached hydrogen (secondary N) is 2. The molecular formula is C12H24N2O4. The summed E-state index contributed by atoms with van der Waals surface area (Å²) in [4.78, 5) is 22.7. The first-order valence-electron chi connectivity index (χ1n) is 5.89. The maximum atomic E-state index is 11.4. The van der Waals surface area contributed by atoms with E-state index in [1.807, 2.05) is 0 Å². The van der Waals surface area contributed by atoms with Gasteiger partial charge in [-0.25, -0.2) is 4.79 Å². The van der Waals surface area contributed by atoms with Gasteiger partial charge in [0.25, 0.3) is 0 Å². The molecule has 0 fully saturated rings. The second-order valence-corrected chi connectivity index (χ2v) is 5.47. The van der Waals surface area contributed by atoms with Crippen LogP contribution in [0.4, 0.5) is 4.79 Å². The number of carbonyl (C=O) groups is 2. The summed E-state index contributed by atoms with van der Waals surface area (Å²) in [6.45, 7) is 9.64. The lowest BCUT2D eigenvalue weighted by Gasteiger charge is -2.23. The fourth-order valence-corrected chi connectivity index (χ4v) is 1.18. The molecule has 2 N–H and O–H groups in total. The van der Waals surface area contributed by atoms with Crippen molar-refractivity contribution in [3.63, 3.8) is 0 Å². The van der Waals surface area contributed by atoms with Crippen LogP contribution >= 0.6 is 0 Å². The Morgan fingerprint density at radius 3 is 2.06 bits per heavy atom. The molecule has 0 aliphatic rings. The largest absolute Gasteiger partial charge is 0.468 e. The van der Waals surface area contributed by atoms with E-state index >= 15 is 0 Å². The molecule has 106 valence electrons. The third kappa shape index (κ3) is 7.11. The number of hydrogen-bond acceptors (Lipinski definition) is 5. The number of methoxy groups -OCH3 is 1. The molecule has 0 unspecified atom stereocenters. The number of hydrogen-bond donors (Lipinski definition) is 2. The molecule has 0 bridgehead atoms. The number of rotatable bonds is 5. The number of amides is 1. The highest BCUT2D eigenvalue weighted by Gasteiger charge is 2.27. The van der Waals surface area contributed by atoms with E-state index in [0.717, 1.165) is 0 Å². The van der Waals surface area contributed by atoms with Gasteiger partial charge in [-0.05, 0) is 34.6 Å². The fraction of sp³-hybridized carbons (Fsp3) is 0.833. The number of esters is 1. The molecule has 0 saturated carbocycles. The van der Waals surface area contributed by atoms with E-state index in [4.69, 9.17) is 4.74 Å². The Balaban J connectivity index is 3.87. The zero-order chi connectivity index (χ0) is 14.4. The standard InChI is InChI=1S/C12H24N2O4/c1-11(2,3)18-10(16)13-7-8-14-12(4,5)9(15)17-6/h14H,7-8H2,1-6H3,(H,13,16). The van der Waals surface area contributed by atoms with Crippen molar-refractivity contribution in [1.29, 1.82) is 0 Å². The van der Waals surface area contributed by atoms with Crippen LogP contribution in [-0.2, 0) is 14.3 Å². The lowest BCUT2D eigenvalue weighted by Crippen LogP contribution is -2.50. The van der Waals surface area contributed by atoms with E-state index in [9.17, 15) is 9.59 Å². The van der Waals surface area contributed by atoms with Gasteiger partial charge in [0.1, 0.15) is 11.1 Å². The van der Waals surface area contributed by atoms with Gasteiger partial charge in [-0.15, -0.1) is 0 Å². The van der Waals surface area contributed by atoms with Gasteiger partial charge < -0.3 is 20.1 Å². The highest BCUT2D eigenvalue weighted by molar-refractivity contribution is 5.79. The summed E-state index contributed by atoms with van der Waals surface area (Å²) in [7, 11) is 1.34. The van der Waals surface area contributed by atoms with E-state index < -0.39 is 17.2 Å². The van der Waals surface area contributed by atoms with E-state index in [2.05, 4.69) is 15.4 Å². The first-order chi connectivity index (χ1) is 8.08. The number of ether oxygens (including phenoxy) is 2. The van der Waals surface area contributed by atoms with Gasteiger partial charge in [-0.2, -0.15) is 0 Å². The van der Waals surface area contributed by atoms with Crippen LogP contribution in [0.2, 0.25) is 0 Å². The molecule has 6 heteroatoms. The minimum atomic E-state index is -0.773. The molecule has 0 aromatic heterocycles. The fourth-order valence-electron chi connectivity index (χ4n) is 1.18. The Hall–Kier alpha value is -1.30. The van der Waals surface area contributed by atoms with Crippen molar-refractivity contribution in [2.24, 2.45) is 0 Å². The Kier molecular flexibility index (Phi) is 6.11. The average molecular weight is 260 g/mol. The van der Waals surface area contributed by atoms with Crippen LogP contribution < -0.4 is 10.6 Å². The third-order valence-electron chi connectivity index (χ3n) is 2.06. The maximum Gasteiger partial charge on any atom is 0.407 e. The lowest BCUT2D eigenvalue weighted by atomic mass is 10.1. The zero-order valence-corrected chi connectivity index (χ0v) is 12.0. The second-order valence-electron chi connectivity index (χ2n) is 5.47. The number of carbonyl (C=O) groups excluding carboxylic acids is 2. The molecule has 0 aliphatic carbocycles. The zero-order valence-electron chi connectivity index (χ0n) is 12.0. The maximum absolute atomic E-state index is 11.4. The van der Waals surface area contributed by atoms with E-state index in [0.29, 0.717) is 13.1 Å². The molecule has 0 atom stereocenters. The molecule has 0 aromatic rings. The summed E-state index contributed by atoms with van der Waals surface area (Å²) in [5, 5.41) is 5.58. The smallest absolute Gasteiger partial charge is 0.407 e. The van der Waals surface area contributed by atoms with Crippen molar-refractivity contribution in [2.75, 3.05) is 20.2 Å². The summed E-state index contributed by atoms with van der Waals surface area (Å²) in [5.41, 5.74) is -1.28. The topological polar surface area (TPSA) is 76.7 Å². The summed E-state index contributed by atoms with van der Waals surface area (Å²) >= 11 is 0. The highest BCUT2D eigenvalue weighted by atomic mass is 16.6. The van der Waals surface area contributed by atoms with Crippen molar-refractivity contribution in [1.82, 2.24) is 10.6 Å². The second kappa shape index (κ2) is 6.58. The van der Waals surface area contributed by atoms with Gasteiger partial charge in [0.2, 0.25) is 0 Å². The molecule has 0 rings (SSSR count). The van der Waals surface area contributed by atoms with Gasteiger partial charge in [0.15, 0.2) is 0 Å². The van der Waals surface area contributed by atoms with Crippen molar-refractivity contribution < 1.29 is 19.1 Å². The number of alkyl carbamates (subject to hydrolysis) is 1. The van der Waals surface area contributed by atoms with E-state index in [-0.39, 0.29) is 5.97 Å². The van der Waals surface area contributed by atoms with Gasteiger partial charge in [-0.3, -0.25) is 4.79 Å². The summed E-state index contributed by atoms with van der Waals surface area (Å²) in [5.74, 6) is -0.347. The first kappa shape index (κ1) is 16.7. The minimum Gasteiger partial charge on any atom is -0.468 e. The molecular weight excluding hydrogens is 236 g/mol. The van der Waals surface area contributed by atoms with Gasteiger partial charge in [0.05, 0.1) is 7.11 Å². The van der Waals surface area contributed by atoms with Crippen LogP contribution in [0.1, 0.15) is 34.6 Å². The van der Waals surface area contributed by atoms with Crippen LogP contribution in [0.3, 0.4) is 0 Å². The van der Waals surface area contributed by atoms with Crippen LogP contribution in [0.15, 0.2) is 0 Å². The molecule has 0 spiro atoms. The van der Waals surface area contributed by atoms with Gasteiger partial charge >= 0.3 is 12.1 Å². The van der Waals surface area contributed by atoms with E-state index in [1.165, 1.54) is 7.11 Å². The van der Waals surface area contributed by atoms with Gasteiger partial charge in [-0.1, -0.05) is 0 Å². The Bertz CT molecular complexity index is 295. The van der Waals surface area contributed by atoms with Crippen molar-refractivity contribution in [3.05, 3.63) is 0 Å². The summed E-state index contributed by atoms with van der Waals surface area (Å²) in [6.07, 6.45) is -0.472. The molecule has 0 aliphatic heterocycles. The molecule has 0 saturated heterocycles. The highest BCUT2D eigenvalue weighted by Crippen LogP contribution is 2.06. The van der Waals surface area contributed by atoms with Crippen LogP contribution in [-0.4, -0.2) is 43.4 Å². The van der Waals surface area contributed by atoms with Crippen LogP contribution in [0.25, 0.3) is 0 Å². The molecule has 1 amide bonds. The van der Waals surface area contributed by atoms with Crippen molar-refractivity contribution in [2.45, 2.75) is 45.8 Å². The molecule has 0 radical (unpaired) electrons. The lowest BCUT2D eigenvalue weighted by molar-refractivity contribution is -0.147. The van der Waals surface area contributed by atoms with Crippen molar-refractivity contribution >= 4 is 12.1 Å². The predicted octanol–water partition coefficient (Wildman–Crippen LogP) is 1.05. The molecule has 0 aromatic carbocycles. The Labute approximate surface area is 108 Å². The van der Waals surface area contributed by atoms with Gasteiger partial charge in [0, 0.05) is 13.1 Å². The first-order valence-corrected chi connectivity index (χ1v) is 5.89. The van der Waals surface area contributed by atoms with E-state index in [1.54, 1.807) is 34.6 Å². The monoisotopic (exact) mass is 260 g/mol.